The van der Waals surface area contributed by atoms with Crippen LogP contribution in [0.25, 0.3) is 0 Å². The zero-order chi connectivity index (χ0) is 29.9. The molecule has 212 valence electrons. The van der Waals surface area contributed by atoms with Crippen LogP contribution in [-0.4, -0.2) is 32.7 Å². The Morgan fingerprint density at radius 2 is 1.43 bits per heavy atom. The third-order valence-corrected chi connectivity index (χ3v) is 6.12. The fraction of sp³-hybridized carbons (Fsp3) is 0.161. The van der Waals surface area contributed by atoms with Crippen molar-refractivity contribution < 1.29 is 14.4 Å². The number of benzene rings is 4. The van der Waals surface area contributed by atoms with Crippen LogP contribution in [0.2, 0.25) is 0 Å². The molecule has 42 heavy (non-hydrogen) atoms. The molecule has 0 heterocycles. The zero-order valence-electron chi connectivity index (χ0n) is 23.4. The van der Waals surface area contributed by atoms with Gasteiger partial charge in [0, 0.05) is 49.2 Å². The van der Waals surface area contributed by atoms with E-state index in [2.05, 4.69) is 48.7 Å². The topological polar surface area (TPSA) is 126 Å². The Balaban J connectivity index is 1.46. The summed E-state index contributed by atoms with van der Waals surface area (Å²) in [6, 6.07) is 24.9. The van der Waals surface area contributed by atoms with Gasteiger partial charge in [0.1, 0.15) is 22.9 Å². The molecule has 0 radical (unpaired) electrons. The first-order chi connectivity index (χ1) is 20.4. The SMILES string of the molecule is C#CCNc1cccc(CN(C)c2ccc(N=Nc3cc(OC)c(N=Nc4ccc([N+](=O)[O-])cc4)cc3OC)cc2)c1. The Morgan fingerprint density at radius 1 is 0.857 bits per heavy atom. The first-order valence-corrected chi connectivity index (χ1v) is 12.8. The molecule has 4 aromatic rings. The van der Waals surface area contributed by atoms with E-state index in [0.717, 1.165) is 23.5 Å². The highest BCUT2D eigenvalue weighted by atomic mass is 16.6. The van der Waals surface area contributed by atoms with Gasteiger partial charge in [-0.05, 0) is 54.1 Å². The van der Waals surface area contributed by atoms with Crippen LogP contribution in [0.1, 0.15) is 5.56 Å². The highest BCUT2D eigenvalue weighted by Crippen LogP contribution is 2.41. The fourth-order valence-electron chi connectivity index (χ4n) is 3.96. The largest absolute Gasteiger partial charge is 0.494 e. The van der Waals surface area contributed by atoms with E-state index in [-0.39, 0.29) is 5.69 Å². The lowest BCUT2D eigenvalue weighted by molar-refractivity contribution is -0.384. The number of ether oxygens (including phenoxy) is 2. The average molecular weight is 564 g/mol. The van der Waals surface area contributed by atoms with E-state index in [4.69, 9.17) is 15.9 Å². The molecule has 0 aliphatic heterocycles. The summed E-state index contributed by atoms with van der Waals surface area (Å²) in [5.74, 6) is 3.41. The number of nitro benzene ring substituents is 1. The van der Waals surface area contributed by atoms with Gasteiger partial charge in [-0.25, -0.2) is 0 Å². The van der Waals surface area contributed by atoms with Gasteiger partial charge >= 0.3 is 0 Å². The molecule has 0 bridgehead atoms. The molecule has 0 spiro atoms. The highest BCUT2D eigenvalue weighted by Gasteiger charge is 2.12. The van der Waals surface area contributed by atoms with E-state index in [0.29, 0.717) is 40.8 Å². The molecular weight excluding hydrogens is 534 g/mol. The van der Waals surface area contributed by atoms with Crippen LogP contribution >= 0.6 is 0 Å². The van der Waals surface area contributed by atoms with Gasteiger partial charge in [-0.3, -0.25) is 10.1 Å². The molecule has 0 amide bonds. The second kappa shape index (κ2) is 14.0. The van der Waals surface area contributed by atoms with Crippen molar-refractivity contribution in [3.63, 3.8) is 0 Å². The van der Waals surface area contributed by atoms with Gasteiger partial charge in [-0.15, -0.1) is 16.7 Å². The molecule has 0 unspecified atom stereocenters. The first-order valence-electron chi connectivity index (χ1n) is 12.8. The molecule has 0 atom stereocenters. The summed E-state index contributed by atoms with van der Waals surface area (Å²) >= 11 is 0. The Labute approximate surface area is 243 Å². The lowest BCUT2D eigenvalue weighted by atomic mass is 10.1. The second-order valence-corrected chi connectivity index (χ2v) is 9.00. The fourth-order valence-corrected chi connectivity index (χ4v) is 3.96. The van der Waals surface area contributed by atoms with Crippen molar-refractivity contribution >= 4 is 39.8 Å². The summed E-state index contributed by atoms with van der Waals surface area (Å²) in [5, 5.41) is 31.2. The standard InChI is InChI=1S/C31H29N7O4/c1-5-17-32-25-8-6-7-22(18-25)21-37(2)26-13-9-23(10-14-26)33-35-28-19-31(42-4)29(20-30(28)41-3)36-34-24-11-15-27(16-12-24)38(39)40/h1,6-16,18-20,32H,17,21H2,2-4H3. The number of rotatable bonds is 12. The Morgan fingerprint density at radius 3 is 1.95 bits per heavy atom. The third kappa shape index (κ3) is 7.67. The lowest BCUT2D eigenvalue weighted by Crippen LogP contribution is -2.16. The molecule has 0 aliphatic rings. The minimum absolute atomic E-state index is 0.0274. The average Bonchev–Trinajstić information content (AvgIpc) is 3.02. The summed E-state index contributed by atoms with van der Waals surface area (Å²) < 4.78 is 11.0. The van der Waals surface area contributed by atoms with Crippen molar-refractivity contribution in [1.29, 1.82) is 0 Å². The van der Waals surface area contributed by atoms with Crippen molar-refractivity contribution in [2.45, 2.75) is 6.54 Å². The summed E-state index contributed by atoms with van der Waals surface area (Å²) in [7, 11) is 5.05. The van der Waals surface area contributed by atoms with E-state index < -0.39 is 4.92 Å². The summed E-state index contributed by atoms with van der Waals surface area (Å²) in [4.78, 5) is 12.5. The molecule has 4 rings (SSSR count). The van der Waals surface area contributed by atoms with Crippen LogP contribution in [0.3, 0.4) is 0 Å². The van der Waals surface area contributed by atoms with E-state index >= 15 is 0 Å². The van der Waals surface area contributed by atoms with Crippen LogP contribution in [0.4, 0.5) is 39.8 Å². The Kier molecular flexibility index (Phi) is 9.77. The monoisotopic (exact) mass is 563 g/mol. The number of anilines is 2. The number of non-ortho nitro benzene ring substituents is 1. The summed E-state index contributed by atoms with van der Waals surface area (Å²) in [6.45, 7) is 1.20. The van der Waals surface area contributed by atoms with Gasteiger partial charge in [0.05, 0.1) is 37.1 Å². The van der Waals surface area contributed by atoms with Crippen molar-refractivity contribution in [3.8, 4) is 23.8 Å². The normalized spacial score (nSPS) is 10.9. The number of terminal acetylenes is 1. The molecule has 0 aromatic heterocycles. The third-order valence-electron chi connectivity index (χ3n) is 6.12. The Bertz CT molecular complexity index is 1630. The van der Waals surface area contributed by atoms with Crippen molar-refractivity contribution in [2.24, 2.45) is 20.5 Å². The van der Waals surface area contributed by atoms with Gasteiger partial charge < -0.3 is 19.7 Å². The van der Waals surface area contributed by atoms with Crippen LogP contribution in [0.5, 0.6) is 11.5 Å². The van der Waals surface area contributed by atoms with Gasteiger partial charge in [-0.1, -0.05) is 18.1 Å². The van der Waals surface area contributed by atoms with Crippen LogP contribution < -0.4 is 19.7 Å². The molecular formula is C31H29N7O4. The molecule has 4 aromatic carbocycles. The van der Waals surface area contributed by atoms with Crippen LogP contribution in [0, 0.1) is 22.5 Å². The minimum atomic E-state index is -0.474. The van der Waals surface area contributed by atoms with E-state index in [9.17, 15) is 10.1 Å². The second-order valence-electron chi connectivity index (χ2n) is 9.00. The van der Waals surface area contributed by atoms with Crippen molar-refractivity contribution in [2.75, 3.05) is 38.0 Å². The molecule has 0 saturated heterocycles. The number of hydrogen-bond acceptors (Lipinski definition) is 10. The maximum Gasteiger partial charge on any atom is 0.269 e. The molecule has 11 nitrogen and oxygen atoms in total. The van der Waals surface area contributed by atoms with Gasteiger partial charge in [0.15, 0.2) is 0 Å². The Hall–Kier alpha value is -5.76. The maximum atomic E-state index is 10.9. The summed E-state index contributed by atoms with van der Waals surface area (Å²) in [6.07, 6.45) is 5.34. The minimum Gasteiger partial charge on any atom is -0.494 e. The number of methoxy groups -OCH3 is 2. The molecule has 1 N–H and O–H groups in total. The van der Waals surface area contributed by atoms with Gasteiger partial charge in [0.2, 0.25) is 0 Å². The predicted octanol–water partition coefficient (Wildman–Crippen LogP) is 8.12. The number of nitrogens with zero attached hydrogens (tertiary/aromatic N) is 6. The number of nitro groups is 1. The van der Waals surface area contributed by atoms with E-state index in [1.165, 1.54) is 38.5 Å². The summed E-state index contributed by atoms with van der Waals surface area (Å²) in [5.41, 5.74) is 5.10. The predicted molar refractivity (Wildman–Crippen MR) is 163 cm³/mol. The maximum absolute atomic E-state index is 10.9. The first kappa shape index (κ1) is 29.2. The number of nitrogens with one attached hydrogen (secondary N) is 1. The van der Waals surface area contributed by atoms with Crippen LogP contribution in [0.15, 0.2) is 105 Å². The van der Waals surface area contributed by atoms with Gasteiger partial charge in [-0.2, -0.15) is 10.2 Å². The molecule has 11 heteroatoms. The zero-order valence-corrected chi connectivity index (χ0v) is 23.4. The molecule has 0 fully saturated rings. The quantitative estimate of drug-likeness (QED) is 0.0802. The van der Waals surface area contributed by atoms with E-state index in [1.807, 2.05) is 43.4 Å². The number of azo groups is 2. The smallest absolute Gasteiger partial charge is 0.269 e. The lowest BCUT2D eigenvalue weighted by Gasteiger charge is -2.20. The van der Waals surface area contributed by atoms with Crippen LogP contribution in [-0.2, 0) is 6.54 Å². The highest BCUT2D eigenvalue weighted by molar-refractivity contribution is 5.66. The number of hydrogen-bond donors (Lipinski definition) is 1. The van der Waals surface area contributed by atoms with Crippen molar-refractivity contribution in [1.82, 2.24) is 0 Å². The van der Waals surface area contributed by atoms with Crippen molar-refractivity contribution in [3.05, 3.63) is 101 Å². The molecule has 0 aliphatic carbocycles. The van der Waals surface area contributed by atoms with E-state index in [1.54, 1.807) is 12.1 Å². The van der Waals surface area contributed by atoms with Gasteiger partial charge in [0.25, 0.3) is 5.69 Å². The molecule has 0 saturated carbocycles.